The van der Waals surface area contributed by atoms with Crippen molar-refractivity contribution in [2.75, 3.05) is 12.4 Å². The van der Waals surface area contributed by atoms with Crippen LogP contribution in [0.4, 0.5) is 27.6 Å². The quantitative estimate of drug-likeness (QED) is 0.370. The van der Waals surface area contributed by atoms with E-state index in [0.29, 0.717) is 5.75 Å². The van der Waals surface area contributed by atoms with Gasteiger partial charge in [0.25, 0.3) is 0 Å². The molecule has 0 heterocycles. The van der Waals surface area contributed by atoms with Gasteiger partial charge in [-0.3, -0.25) is 4.21 Å². The molecule has 0 spiro atoms. The Labute approximate surface area is 191 Å². The zero-order valence-electron chi connectivity index (χ0n) is 17.8. The Morgan fingerprint density at radius 1 is 0.848 bits per heavy atom. The molecule has 3 aromatic carbocycles. The zero-order chi connectivity index (χ0) is 24.2. The number of methoxy groups -OCH3 is 1. The Balaban J connectivity index is 2.15. The van der Waals surface area contributed by atoms with Crippen molar-refractivity contribution < 1.29 is 30.9 Å². The number of rotatable bonds is 8. The molecule has 0 aliphatic carbocycles. The molecular weight excluding hydrogens is 461 g/mol. The summed E-state index contributed by atoms with van der Waals surface area (Å²) in [4.78, 5) is 0.147. The number of hydrogen-bond acceptors (Lipinski definition) is 3. The predicted molar refractivity (Wildman–Crippen MR) is 118 cm³/mol. The number of hydrogen-bond donors (Lipinski definition) is 1. The summed E-state index contributed by atoms with van der Waals surface area (Å²) in [6.07, 6.45) is -5.87. The van der Waals surface area contributed by atoms with E-state index in [-0.39, 0.29) is 16.1 Å². The molecule has 1 N–H and O–H groups in total. The summed E-state index contributed by atoms with van der Waals surface area (Å²) in [7, 11) is -0.837. The number of benzene rings is 3. The molecule has 3 atom stereocenters. The van der Waals surface area contributed by atoms with Crippen LogP contribution in [0.15, 0.2) is 83.8 Å². The van der Waals surface area contributed by atoms with E-state index >= 15 is 0 Å². The SMILES string of the molecule is COc1ccc(N[C@H]([C@H](c2ccccc2)[S@@](=O)c2ccc(C)cc2)C(F)(F)C(F)(F)F)cc1. The average Bonchev–Trinajstić information content (AvgIpc) is 2.79. The van der Waals surface area contributed by atoms with Gasteiger partial charge in [-0.25, -0.2) is 0 Å². The number of alkyl halides is 5. The Morgan fingerprint density at radius 2 is 1.42 bits per heavy atom. The van der Waals surface area contributed by atoms with E-state index in [0.717, 1.165) is 5.56 Å². The third-order valence-electron chi connectivity index (χ3n) is 5.10. The van der Waals surface area contributed by atoms with Crippen LogP contribution < -0.4 is 10.1 Å². The van der Waals surface area contributed by atoms with Gasteiger partial charge >= 0.3 is 12.1 Å². The standard InChI is InChI=1S/C24H22F5NO2S/c1-16-8-14-20(15-9-16)33(31)21(17-6-4-3-5-7-17)22(23(25,26)24(27,28)29)30-18-10-12-19(32-2)13-11-18/h3-15,21-22,30H,1-2H3/t21-,22+,33-/m0/s1. The van der Waals surface area contributed by atoms with Crippen molar-refractivity contribution in [3.8, 4) is 5.75 Å². The van der Waals surface area contributed by atoms with Crippen LogP contribution in [0, 0.1) is 6.92 Å². The molecule has 0 radical (unpaired) electrons. The monoisotopic (exact) mass is 483 g/mol. The number of anilines is 1. The molecule has 0 aromatic heterocycles. The molecule has 3 nitrogen and oxygen atoms in total. The number of aryl methyl sites for hydroxylation is 1. The molecule has 33 heavy (non-hydrogen) atoms. The Kier molecular flexibility index (Phi) is 7.41. The maximum Gasteiger partial charge on any atom is 0.455 e. The van der Waals surface area contributed by atoms with Gasteiger partial charge in [-0.05, 0) is 48.9 Å². The van der Waals surface area contributed by atoms with Crippen molar-refractivity contribution >= 4 is 16.5 Å². The molecule has 0 amide bonds. The normalized spacial score (nSPS) is 14.9. The molecule has 0 fully saturated rings. The smallest absolute Gasteiger partial charge is 0.455 e. The van der Waals surface area contributed by atoms with E-state index in [9.17, 15) is 26.2 Å². The van der Waals surface area contributed by atoms with Crippen LogP contribution in [0.1, 0.15) is 16.4 Å². The second-order valence-corrected chi connectivity index (χ2v) is 8.99. The third-order valence-corrected chi connectivity index (χ3v) is 6.84. The van der Waals surface area contributed by atoms with Crippen LogP contribution >= 0.6 is 0 Å². The van der Waals surface area contributed by atoms with Crippen molar-refractivity contribution in [2.45, 2.75) is 35.2 Å². The lowest BCUT2D eigenvalue weighted by Gasteiger charge is -2.35. The highest BCUT2D eigenvalue weighted by Crippen LogP contribution is 2.46. The van der Waals surface area contributed by atoms with Crippen molar-refractivity contribution in [3.63, 3.8) is 0 Å². The topological polar surface area (TPSA) is 38.3 Å². The Bertz CT molecular complexity index is 1070. The fourth-order valence-electron chi connectivity index (χ4n) is 3.30. The minimum Gasteiger partial charge on any atom is -0.497 e. The maximum absolute atomic E-state index is 15.0. The molecule has 0 saturated carbocycles. The maximum atomic E-state index is 15.0. The van der Waals surface area contributed by atoms with E-state index < -0.39 is 34.2 Å². The van der Waals surface area contributed by atoms with E-state index in [1.165, 1.54) is 67.8 Å². The van der Waals surface area contributed by atoms with Crippen LogP contribution in [0.25, 0.3) is 0 Å². The Morgan fingerprint density at radius 3 is 1.94 bits per heavy atom. The average molecular weight is 484 g/mol. The molecule has 3 aromatic rings. The van der Waals surface area contributed by atoms with Crippen LogP contribution in [0.3, 0.4) is 0 Å². The highest BCUT2D eigenvalue weighted by Gasteiger charge is 2.65. The number of nitrogens with one attached hydrogen (secondary N) is 1. The first-order valence-corrected chi connectivity index (χ1v) is 11.1. The summed E-state index contributed by atoms with van der Waals surface area (Å²) in [6.45, 7) is 1.78. The van der Waals surface area contributed by atoms with Gasteiger partial charge in [-0.2, -0.15) is 22.0 Å². The van der Waals surface area contributed by atoms with Crippen molar-refractivity contribution in [2.24, 2.45) is 0 Å². The summed E-state index contributed by atoms with van der Waals surface area (Å²) in [5, 5.41) is 0.604. The van der Waals surface area contributed by atoms with Crippen LogP contribution in [0.5, 0.6) is 5.75 Å². The molecular formula is C24H22F5NO2S. The van der Waals surface area contributed by atoms with Gasteiger partial charge in [0.2, 0.25) is 0 Å². The summed E-state index contributed by atoms with van der Waals surface area (Å²) >= 11 is 0. The van der Waals surface area contributed by atoms with Crippen molar-refractivity contribution in [1.29, 1.82) is 0 Å². The molecule has 0 aliphatic heterocycles. The van der Waals surface area contributed by atoms with Gasteiger partial charge < -0.3 is 10.1 Å². The van der Waals surface area contributed by atoms with Gasteiger partial charge in [-0.1, -0.05) is 48.0 Å². The molecule has 176 valence electrons. The first-order chi connectivity index (χ1) is 15.5. The predicted octanol–water partition coefficient (Wildman–Crippen LogP) is 6.53. The molecule has 0 saturated heterocycles. The molecule has 0 unspecified atom stereocenters. The lowest BCUT2D eigenvalue weighted by molar-refractivity contribution is -0.287. The minimum absolute atomic E-state index is 0.00608. The van der Waals surface area contributed by atoms with Gasteiger partial charge in [0, 0.05) is 10.6 Å². The lowest BCUT2D eigenvalue weighted by Crippen LogP contribution is -2.54. The van der Waals surface area contributed by atoms with Gasteiger partial charge in [0.15, 0.2) is 0 Å². The molecule has 0 aliphatic rings. The first kappa shape index (κ1) is 24.7. The molecule has 9 heteroatoms. The van der Waals surface area contributed by atoms with E-state index in [2.05, 4.69) is 5.32 Å². The second kappa shape index (κ2) is 9.91. The fraction of sp³-hybridized carbons (Fsp3) is 0.250. The Hall–Kier alpha value is -2.94. The second-order valence-electron chi connectivity index (χ2n) is 7.41. The minimum atomic E-state index is -5.87. The summed E-state index contributed by atoms with van der Waals surface area (Å²) in [5.41, 5.74) is 0.929. The lowest BCUT2D eigenvalue weighted by atomic mass is 9.98. The van der Waals surface area contributed by atoms with Gasteiger partial charge in [0.1, 0.15) is 11.8 Å². The number of ether oxygens (including phenoxy) is 1. The third kappa shape index (κ3) is 5.52. The summed E-state index contributed by atoms with van der Waals surface area (Å²) < 4.78 is 89.2. The van der Waals surface area contributed by atoms with Gasteiger partial charge in [-0.15, -0.1) is 0 Å². The van der Waals surface area contributed by atoms with E-state index in [4.69, 9.17) is 4.74 Å². The van der Waals surface area contributed by atoms with Gasteiger partial charge in [0.05, 0.1) is 23.2 Å². The summed E-state index contributed by atoms with van der Waals surface area (Å²) in [6, 6.07) is 16.6. The van der Waals surface area contributed by atoms with Crippen molar-refractivity contribution in [1.82, 2.24) is 0 Å². The molecule has 3 rings (SSSR count). The fourth-order valence-corrected chi connectivity index (χ4v) is 4.89. The zero-order valence-corrected chi connectivity index (χ0v) is 18.6. The van der Waals surface area contributed by atoms with E-state index in [1.54, 1.807) is 25.1 Å². The largest absolute Gasteiger partial charge is 0.497 e. The highest BCUT2D eigenvalue weighted by atomic mass is 32.2. The van der Waals surface area contributed by atoms with Crippen molar-refractivity contribution in [3.05, 3.63) is 90.0 Å². The van der Waals surface area contributed by atoms with Crippen LogP contribution in [-0.2, 0) is 10.8 Å². The van der Waals surface area contributed by atoms with E-state index in [1.807, 2.05) is 0 Å². The highest BCUT2D eigenvalue weighted by molar-refractivity contribution is 7.85. The number of halogens is 5. The summed E-state index contributed by atoms with van der Waals surface area (Å²) in [5.74, 6) is -4.80. The van der Waals surface area contributed by atoms with Crippen LogP contribution in [-0.4, -0.2) is 29.5 Å². The first-order valence-electron chi connectivity index (χ1n) is 9.92. The molecule has 0 bridgehead atoms. The van der Waals surface area contributed by atoms with Crippen LogP contribution in [0.2, 0.25) is 0 Å².